The number of nitrogens with zero attached hydrogens (tertiary/aromatic N) is 5. The maximum atomic E-state index is 15.0. The zero-order valence-corrected chi connectivity index (χ0v) is 39.6. The van der Waals surface area contributed by atoms with E-state index in [4.69, 9.17) is 9.97 Å². The predicted molar refractivity (Wildman–Crippen MR) is 297 cm³/mol. The van der Waals surface area contributed by atoms with Crippen molar-refractivity contribution in [3.63, 3.8) is 0 Å². The molecule has 12 aromatic rings. The highest BCUT2D eigenvalue weighted by molar-refractivity contribution is 7.00. The molecule has 2 aliphatic heterocycles. The SMILES string of the molecule is FC(F)(F)c1ccc(-c2nc(-c3ccccc3)cc(-c3ccccc3)n2)c(-n2c3ccccc3c3cc(-c4cc5c6c(c4)N(c4ccccc4)c4ccccc4B6c4ccccc4N5c4ccccc4)ccc32)c1. The monoisotopic (exact) mass is 959 g/mol. The number of anilines is 6. The third-order valence-corrected chi connectivity index (χ3v) is 14.6. The molecule has 74 heavy (non-hydrogen) atoms. The Labute approximate surface area is 425 Å². The standard InChI is InChI=1S/C65H41BF3N5/c67-65(68,69)46-34-35-50(64-70-54(42-19-5-1-6-20-42)41-55(71-64)43-21-7-2-8-22-43)60(40-46)74-56-30-16-13-27-49(56)51-37-44(33-36-57(51)74)45-38-61-63-62(39-45)73(48-25-11-4-12-26-48)59-32-18-15-29-53(59)66(63)52-28-14-17-31-58(52)72(61)47-23-9-3-10-24-47/h1-41H. The van der Waals surface area contributed by atoms with Crippen molar-refractivity contribution in [1.29, 1.82) is 0 Å². The first kappa shape index (κ1) is 43.3. The van der Waals surface area contributed by atoms with Crippen LogP contribution in [-0.4, -0.2) is 21.2 Å². The molecule has 2 aromatic heterocycles. The van der Waals surface area contributed by atoms with E-state index in [1.165, 1.54) is 28.5 Å². The van der Waals surface area contributed by atoms with Crippen molar-refractivity contribution < 1.29 is 13.2 Å². The molecule has 0 amide bonds. The summed E-state index contributed by atoms with van der Waals surface area (Å²) in [5.41, 5.74) is 16.7. The van der Waals surface area contributed by atoms with E-state index in [0.717, 1.165) is 84.3 Å². The van der Waals surface area contributed by atoms with Crippen LogP contribution in [0.2, 0.25) is 0 Å². The second-order valence-corrected chi connectivity index (χ2v) is 18.8. The highest BCUT2D eigenvalue weighted by Gasteiger charge is 2.43. The maximum Gasteiger partial charge on any atom is 0.416 e. The van der Waals surface area contributed by atoms with Gasteiger partial charge in [-0.2, -0.15) is 13.2 Å². The van der Waals surface area contributed by atoms with Crippen molar-refractivity contribution in [2.45, 2.75) is 6.18 Å². The number of aromatic nitrogens is 3. The van der Waals surface area contributed by atoms with Gasteiger partial charge in [0.15, 0.2) is 5.82 Å². The van der Waals surface area contributed by atoms with Gasteiger partial charge in [-0.1, -0.05) is 158 Å². The minimum atomic E-state index is -4.62. The molecule has 0 aliphatic carbocycles. The third kappa shape index (κ3) is 7.03. The summed E-state index contributed by atoms with van der Waals surface area (Å²) in [6.07, 6.45) is -4.62. The lowest BCUT2D eigenvalue weighted by molar-refractivity contribution is -0.137. The number of halogens is 3. The number of hydrogen-bond donors (Lipinski definition) is 0. The van der Waals surface area contributed by atoms with Crippen molar-refractivity contribution in [1.82, 2.24) is 14.5 Å². The van der Waals surface area contributed by atoms with E-state index in [-0.39, 0.29) is 6.71 Å². The molecule has 0 radical (unpaired) electrons. The summed E-state index contributed by atoms with van der Waals surface area (Å²) < 4.78 is 46.9. The maximum absolute atomic E-state index is 15.0. The summed E-state index contributed by atoms with van der Waals surface area (Å²) in [5.74, 6) is 0.312. The van der Waals surface area contributed by atoms with Crippen molar-refractivity contribution in [3.05, 3.63) is 254 Å². The minimum absolute atomic E-state index is 0.0374. The zero-order chi connectivity index (χ0) is 49.5. The van der Waals surface area contributed by atoms with E-state index in [1.807, 2.05) is 108 Å². The lowest BCUT2D eigenvalue weighted by Crippen LogP contribution is -2.61. The highest BCUT2D eigenvalue weighted by atomic mass is 19.4. The Balaban J connectivity index is 1.01. The van der Waals surface area contributed by atoms with Crippen LogP contribution in [0.15, 0.2) is 249 Å². The fraction of sp³-hybridized carbons (Fsp3) is 0.0154. The Morgan fingerprint density at radius 1 is 0.365 bits per heavy atom. The molecule has 0 spiro atoms. The molecule has 0 bridgehead atoms. The van der Waals surface area contributed by atoms with E-state index in [1.54, 1.807) is 0 Å². The Kier molecular flexibility index (Phi) is 10.0. The molecule has 2 aliphatic rings. The molecule has 9 heteroatoms. The number of alkyl halides is 3. The lowest BCUT2D eigenvalue weighted by Gasteiger charge is -2.44. The van der Waals surface area contributed by atoms with Crippen molar-refractivity contribution in [2.75, 3.05) is 9.80 Å². The molecule has 0 unspecified atom stereocenters. The Bertz CT molecular complexity index is 3970. The summed E-state index contributed by atoms with van der Waals surface area (Å²) >= 11 is 0. The average molecular weight is 960 g/mol. The molecule has 0 saturated heterocycles. The largest absolute Gasteiger partial charge is 0.416 e. The number of hydrogen-bond acceptors (Lipinski definition) is 4. The third-order valence-electron chi connectivity index (χ3n) is 14.6. The number of para-hydroxylation sites is 5. The van der Waals surface area contributed by atoms with Gasteiger partial charge in [-0.25, -0.2) is 9.97 Å². The normalized spacial score (nSPS) is 12.7. The second kappa shape index (κ2) is 17.1. The second-order valence-electron chi connectivity index (χ2n) is 18.8. The Hall–Kier alpha value is -9.47. The smallest absolute Gasteiger partial charge is 0.311 e. The van der Waals surface area contributed by atoms with E-state index < -0.39 is 11.7 Å². The summed E-state index contributed by atoms with van der Waals surface area (Å²) in [4.78, 5) is 15.0. The zero-order valence-electron chi connectivity index (χ0n) is 39.6. The van der Waals surface area contributed by atoms with Gasteiger partial charge in [0.2, 0.25) is 0 Å². The first-order valence-electron chi connectivity index (χ1n) is 24.7. The van der Waals surface area contributed by atoms with Crippen molar-refractivity contribution >= 4 is 79.0 Å². The van der Waals surface area contributed by atoms with E-state index in [2.05, 4.69) is 137 Å². The molecule has 0 saturated carbocycles. The van der Waals surface area contributed by atoms with Gasteiger partial charge < -0.3 is 14.4 Å². The first-order chi connectivity index (χ1) is 36.4. The molecule has 10 aromatic carbocycles. The lowest BCUT2D eigenvalue weighted by atomic mass is 9.33. The van der Waals surface area contributed by atoms with E-state index >= 15 is 0 Å². The fourth-order valence-electron chi connectivity index (χ4n) is 11.3. The van der Waals surface area contributed by atoms with Crippen LogP contribution in [-0.2, 0) is 6.18 Å². The quantitative estimate of drug-likeness (QED) is 0.149. The van der Waals surface area contributed by atoms with Gasteiger partial charge in [0.25, 0.3) is 6.71 Å². The first-order valence-corrected chi connectivity index (χ1v) is 24.7. The molecule has 0 fully saturated rings. The minimum Gasteiger partial charge on any atom is -0.311 e. The topological polar surface area (TPSA) is 37.2 Å². The summed E-state index contributed by atoms with van der Waals surface area (Å²) in [7, 11) is 0. The molecule has 0 atom stereocenters. The molecule has 14 rings (SSSR count). The summed E-state index contributed by atoms with van der Waals surface area (Å²) in [6, 6.07) is 82.9. The van der Waals surface area contributed by atoms with Gasteiger partial charge in [-0.3, -0.25) is 0 Å². The van der Waals surface area contributed by atoms with Gasteiger partial charge in [-0.05, 0) is 119 Å². The van der Waals surface area contributed by atoms with Crippen LogP contribution in [0.25, 0.3) is 72.5 Å². The van der Waals surface area contributed by atoms with Crippen LogP contribution in [0.5, 0.6) is 0 Å². The van der Waals surface area contributed by atoms with Gasteiger partial charge in [0.1, 0.15) is 0 Å². The van der Waals surface area contributed by atoms with Gasteiger partial charge in [0.05, 0.1) is 33.7 Å². The number of fused-ring (bicyclic) bond motifs is 7. The Morgan fingerprint density at radius 2 is 0.865 bits per heavy atom. The van der Waals surface area contributed by atoms with E-state index in [9.17, 15) is 13.2 Å². The molecule has 350 valence electrons. The van der Waals surface area contributed by atoms with Crippen molar-refractivity contribution in [3.8, 4) is 50.7 Å². The molecule has 4 heterocycles. The van der Waals surface area contributed by atoms with Crippen LogP contribution in [0.1, 0.15) is 5.56 Å². The van der Waals surface area contributed by atoms with Crippen LogP contribution in [0.4, 0.5) is 47.3 Å². The summed E-state index contributed by atoms with van der Waals surface area (Å²) in [5, 5.41) is 1.79. The number of rotatable bonds is 7. The summed E-state index contributed by atoms with van der Waals surface area (Å²) in [6.45, 7) is -0.0374. The van der Waals surface area contributed by atoms with Gasteiger partial charge in [0, 0.05) is 61.6 Å². The fourth-order valence-corrected chi connectivity index (χ4v) is 11.3. The average Bonchev–Trinajstić information content (AvgIpc) is 3.87. The van der Waals surface area contributed by atoms with Crippen LogP contribution < -0.4 is 26.2 Å². The van der Waals surface area contributed by atoms with Crippen LogP contribution in [0.3, 0.4) is 0 Å². The molecule has 0 N–H and O–H groups in total. The van der Waals surface area contributed by atoms with Crippen LogP contribution >= 0.6 is 0 Å². The predicted octanol–water partition coefficient (Wildman–Crippen LogP) is 15.3. The van der Waals surface area contributed by atoms with Crippen molar-refractivity contribution in [2.24, 2.45) is 0 Å². The molecule has 5 nitrogen and oxygen atoms in total. The molecular weight excluding hydrogens is 919 g/mol. The number of benzene rings is 10. The van der Waals surface area contributed by atoms with E-state index in [0.29, 0.717) is 28.5 Å². The Morgan fingerprint density at radius 3 is 1.43 bits per heavy atom. The van der Waals surface area contributed by atoms with Gasteiger partial charge >= 0.3 is 6.18 Å². The highest BCUT2D eigenvalue weighted by Crippen LogP contribution is 2.47. The van der Waals surface area contributed by atoms with Crippen LogP contribution in [0, 0.1) is 0 Å². The van der Waals surface area contributed by atoms with Gasteiger partial charge in [-0.15, -0.1) is 0 Å². The molecular formula is C65H41BF3N5.